The molecule has 4 unspecified atom stereocenters. The predicted octanol–water partition coefficient (Wildman–Crippen LogP) is 7.90. The summed E-state index contributed by atoms with van der Waals surface area (Å²) in [5, 5.41) is 23.0. The molecule has 4 rings (SSSR count). The van der Waals surface area contributed by atoms with Crippen LogP contribution in [-0.2, 0) is 9.47 Å². The average molecular weight is 636 g/mol. The predicted molar refractivity (Wildman–Crippen MR) is 167 cm³/mol. The van der Waals surface area contributed by atoms with Gasteiger partial charge in [-0.2, -0.15) is 0 Å². The Hall–Kier alpha value is -1.64. The monoisotopic (exact) mass is 634 g/mol. The van der Waals surface area contributed by atoms with Gasteiger partial charge in [-0.25, -0.2) is 0 Å². The fourth-order valence-corrected chi connectivity index (χ4v) is 7.30. The molecule has 0 radical (unpaired) electrons. The summed E-state index contributed by atoms with van der Waals surface area (Å²) in [6.07, 6.45) is -0.706. The van der Waals surface area contributed by atoms with Crippen LogP contribution in [0.3, 0.4) is 0 Å². The SMILES string of the molecule is COc1cc(C2OCC(C)(C)C2(O)C(C)(C)C)ccc1Br.COc1cccc(C2OCC(C)(C)C2(O)C(C)(C)C)c1. The minimum absolute atomic E-state index is 0.291. The Morgan fingerprint density at radius 3 is 1.61 bits per heavy atom. The highest BCUT2D eigenvalue weighted by Gasteiger charge is 2.63. The summed E-state index contributed by atoms with van der Waals surface area (Å²) in [6, 6.07) is 13.6. The first kappa shape index (κ1) is 33.9. The molecule has 0 aliphatic carbocycles. The van der Waals surface area contributed by atoms with E-state index in [2.05, 4.69) is 85.2 Å². The third-order valence-electron chi connectivity index (χ3n) is 9.21. The zero-order valence-corrected chi connectivity index (χ0v) is 28.6. The van der Waals surface area contributed by atoms with E-state index in [9.17, 15) is 10.2 Å². The molecule has 2 saturated heterocycles. The van der Waals surface area contributed by atoms with Gasteiger partial charge in [-0.05, 0) is 62.2 Å². The molecule has 41 heavy (non-hydrogen) atoms. The third kappa shape index (κ3) is 5.82. The van der Waals surface area contributed by atoms with E-state index in [1.165, 1.54) is 0 Å². The maximum absolute atomic E-state index is 11.5. The molecule has 2 fully saturated rings. The highest BCUT2D eigenvalue weighted by Crippen LogP contribution is 2.59. The van der Waals surface area contributed by atoms with E-state index in [0.29, 0.717) is 13.2 Å². The summed E-state index contributed by atoms with van der Waals surface area (Å²) in [6.45, 7) is 21.7. The van der Waals surface area contributed by atoms with E-state index in [1.54, 1.807) is 14.2 Å². The Kier molecular flexibility index (Phi) is 9.46. The van der Waals surface area contributed by atoms with Crippen LogP contribution >= 0.6 is 15.9 Å². The number of rotatable bonds is 4. The Morgan fingerprint density at radius 2 is 1.20 bits per heavy atom. The van der Waals surface area contributed by atoms with E-state index in [0.717, 1.165) is 27.1 Å². The number of hydrogen-bond acceptors (Lipinski definition) is 6. The zero-order valence-electron chi connectivity index (χ0n) is 27.0. The molecule has 2 heterocycles. The lowest BCUT2D eigenvalue weighted by atomic mass is 9.60. The van der Waals surface area contributed by atoms with Crippen molar-refractivity contribution in [1.82, 2.24) is 0 Å². The van der Waals surface area contributed by atoms with E-state index in [1.807, 2.05) is 42.5 Å². The molecule has 0 saturated carbocycles. The molecule has 7 heteroatoms. The van der Waals surface area contributed by atoms with Gasteiger partial charge in [0.2, 0.25) is 0 Å². The van der Waals surface area contributed by atoms with Gasteiger partial charge in [0.15, 0.2) is 0 Å². The standard InChI is InChI=1S/C17H25BrO3.C17H26O3/c1-15(2,3)17(19)14(21-10-16(17,4)5)11-7-8-12(18)13(9-11)20-6;1-15(2,3)17(18)14(20-11-16(17,4)5)12-8-7-9-13(10-12)19-6/h7-9,14,19H,10H2,1-6H3;7-10,14,18H,11H2,1-6H3. The molecule has 2 aromatic rings. The smallest absolute Gasteiger partial charge is 0.133 e. The summed E-state index contributed by atoms with van der Waals surface area (Å²) in [5.74, 6) is 1.53. The summed E-state index contributed by atoms with van der Waals surface area (Å²) >= 11 is 3.46. The van der Waals surface area contributed by atoms with E-state index >= 15 is 0 Å². The summed E-state index contributed by atoms with van der Waals surface area (Å²) in [5.41, 5.74) is -1.22. The van der Waals surface area contributed by atoms with Crippen LogP contribution in [0.25, 0.3) is 0 Å². The first-order valence-corrected chi connectivity index (χ1v) is 15.1. The molecular formula is C34H51BrO6. The molecule has 2 aromatic carbocycles. The van der Waals surface area contributed by atoms with E-state index < -0.39 is 11.2 Å². The Morgan fingerprint density at radius 1 is 0.732 bits per heavy atom. The number of hydrogen-bond donors (Lipinski definition) is 2. The van der Waals surface area contributed by atoms with Crippen LogP contribution in [0, 0.1) is 21.7 Å². The Balaban J connectivity index is 0.000000226. The lowest BCUT2D eigenvalue weighted by molar-refractivity contribution is -0.149. The number of methoxy groups -OCH3 is 2. The average Bonchev–Trinajstić information content (AvgIpc) is 3.28. The van der Waals surface area contributed by atoms with Crippen molar-refractivity contribution in [1.29, 1.82) is 0 Å². The van der Waals surface area contributed by atoms with Crippen LogP contribution in [0.15, 0.2) is 46.9 Å². The van der Waals surface area contributed by atoms with Crippen LogP contribution in [0.2, 0.25) is 0 Å². The van der Waals surface area contributed by atoms with Gasteiger partial charge in [0, 0.05) is 10.8 Å². The quantitative estimate of drug-likeness (QED) is 0.356. The maximum Gasteiger partial charge on any atom is 0.133 e. The van der Waals surface area contributed by atoms with Crippen LogP contribution in [-0.4, -0.2) is 48.8 Å². The highest BCUT2D eigenvalue weighted by atomic mass is 79.9. The largest absolute Gasteiger partial charge is 0.497 e. The minimum Gasteiger partial charge on any atom is -0.497 e. The van der Waals surface area contributed by atoms with Crippen molar-refractivity contribution in [3.8, 4) is 11.5 Å². The fourth-order valence-electron chi connectivity index (χ4n) is 6.89. The van der Waals surface area contributed by atoms with Crippen LogP contribution in [0.4, 0.5) is 0 Å². The summed E-state index contributed by atoms with van der Waals surface area (Å²) in [4.78, 5) is 0. The first-order valence-electron chi connectivity index (χ1n) is 14.3. The normalized spacial score (nSPS) is 29.0. The lowest BCUT2D eigenvalue weighted by Crippen LogP contribution is -2.54. The molecule has 2 N–H and O–H groups in total. The molecule has 0 aromatic heterocycles. The highest BCUT2D eigenvalue weighted by molar-refractivity contribution is 9.10. The van der Waals surface area contributed by atoms with Gasteiger partial charge in [0.1, 0.15) is 34.9 Å². The van der Waals surface area contributed by atoms with Crippen molar-refractivity contribution in [2.24, 2.45) is 21.7 Å². The third-order valence-corrected chi connectivity index (χ3v) is 9.86. The molecule has 4 atom stereocenters. The topological polar surface area (TPSA) is 77.4 Å². The molecule has 2 aliphatic rings. The van der Waals surface area contributed by atoms with Crippen molar-refractivity contribution >= 4 is 15.9 Å². The van der Waals surface area contributed by atoms with Crippen molar-refractivity contribution in [2.75, 3.05) is 27.4 Å². The van der Waals surface area contributed by atoms with Gasteiger partial charge in [-0.1, -0.05) is 87.4 Å². The van der Waals surface area contributed by atoms with Crippen molar-refractivity contribution in [3.63, 3.8) is 0 Å². The lowest BCUT2D eigenvalue weighted by Gasteiger charge is -2.48. The Labute approximate surface area is 255 Å². The van der Waals surface area contributed by atoms with Crippen LogP contribution in [0.1, 0.15) is 92.6 Å². The van der Waals surface area contributed by atoms with Gasteiger partial charge < -0.3 is 29.2 Å². The first-order chi connectivity index (χ1) is 18.7. The van der Waals surface area contributed by atoms with Crippen molar-refractivity contribution < 1.29 is 29.2 Å². The molecule has 6 nitrogen and oxygen atoms in total. The molecule has 0 bridgehead atoms. The summed E-state index contributed by atoms with van der Waals surface area (Å²) < 4.78 is 23.5. The second-order valence-electron chi connectivity index (χ2n) is 14.9. The summed E-state index contributed by atoms with van der Waals surface area (Å²) in [7, 11) is 3.29. The van der Waals surface area contributed by atoms with E-state index in [4.69, 9.17) is 18.9 Å². The van der Waals surface area contributed by atoms with Gasteiger partial charge in [0.25, 0.3) is 0 Å². The molecule has 0 spiro atoms. The van der Waals surface area contributed by atoms with Gasteiger partial charge in [0.05, 0.1) is 31.9 Å². The molecule has 230 valence electrons. The second-order valence-corrected chi connectivity index (χ2v) is 15.7. The molecular weight excluding hydrogens is 584 g/mol. The fraction of sp³-hybridized carbons (Fsp3) is 0.647. The second kappa shape index (κ2) is 11.5. The Bertz CT molecular complexity index is 1210. The van der Waals surface area contributed by atoms with Gasteiger partial charge >= 0.3 is 0 Å². The van der Waals surface area contributed by atoms with E-state index in [-0.39, 0.29) is 33.9 Å². The van der Waals surface area contributed by atoms with Gasteiger partial charge in [-0.3, -0.25) is 0 Å². The molecule has 0 amide bonds. The minimum atomic E-state index is -0.959. The van der Waals surface area contributed by atoms with Gasteiger partial charge in [-0.15, -0.1) is 0 Å². The van der Waals surface area contributed by atoms with Crippen LogP contribution in [0.5, 0.6) is 11.5 Å². The van der Waals surface area contributed by atoms with Crippen LogP contribution < -0.4 is 9.47 Å². The number of aliphatic hydroxyl groups is 2. The van der Waals surface area contributed by atoms with Crippen molar-refractivity contribution in [2.45, 2.75) is 92.6 Å². The number of ether oxygens (including phenoxy) is 4. The maximum atomic E-state index is 11.5. The number of benzene rings is 2. The molecule has 2 aliphatic heterocycles. The number of halogens is 1. The zero-order chi connectivity index (χ0) is 31.2. The van der Waals surface area contributed by atoms with Crippen molar-refractivity contribution in [3.05, 3.63) is 58.1 Å².